The molecule has 2 N–H and O–H groups in total. The molecule has 0 saturated heterocycles. The Balaban J connectivity index is 2.09. The third kappa shape index (κ3) is 3.07. The summed E-state index contributed by atoms with van der Waals surface area (Å²) in [5, 5.41) is 12.4. The quantitative estimate of drug-likeness (QED) is 0.853. The topological polar surface area (TPSA) is 62.5 Å². The molecular weight excluding hydrogens is 296 g/mol. The van der Waals surface area contributed by atoms with Crippen molar-refractivity contribution in [3.8, 4) is 0 Å². The predicted octanol–water partition coefficient (Wildman–Crippen LogP) is 1.74. The van der Waals surface area contributed by atoms with E-state index in [-0.39, 0.29) is 6.61 Å². The Morgan fingerprint density at radius 3 is 3.00 bits per heavy atom. The van der Waals surface area contributed by atoms with Crippen LogP contribution in [0.5, 0.6) is 0 Å². The molecule has 0 fully saturated rings. The van der Waals surface area contributed by atoms with E-state index in [0.717, 1.165) is 35.3 Å². The fourth-order valence-electron chi connectivity index (χ4n) is 1.90. The summed E-state index contributed by atoms with van der Waals surface area (Å²) in [6.07, 6.45) is 7.27. The van der Waals surface area contributed by atoms with E-state index in [4.69, 9.17) is 5.11 Å². The first-order valence-electron chi connectivity index (χ1n) is 6.06. The van der Waals surface area contributed by atoms with Gasteiger partial charge in [-0.1, -0.05) is 6.92 Å². The number of aromatic nitrogens is 3. The molecule has 0 aliphatic carbocycles. The summed E-state index contributed by atoms with van der Waals surface area (Å²) >= 11 is 3.36. The molecule has 0 aromatic carbocycles. The molecule has 6 heteroatoms. The summed E-state index contributed by atoms with van der Waals surface area (Å²) in [7, 11) is 0. The number of hydrogen-bond acceptors (Lipinski definition) is 4. The Morgan fingerprint density at radius 1 is 1.44 bits per heavy atom. The first-order valence-corrected chi connectivity index (χ1v) is 6.85. The van der Waals surface area contributed by atoms with Crippen LogP contribution in [-0.2, 0) is 6.54 Å². The van der Waals surface area contributed by atoms with Crippen LogP contribution in [0, 0.1) is 0 Å². The normalized spacial score (nSPS) is 13.1. The highest BCUT2D eigenvalue weighted by atomic mass is 79.9. The molecule has 0 aliphatic heterocycles. The third-order valence-electron chi connectivity index (χ3n) is 2.98. The van der Waals surface area contributed by atoms with Gasteiger partial charge in [0.2, 0.25) is 0 Å². The van der Waals surface area contributed by atoms with Crippen molar-refractivity contribution in [2.24, 2.45) is 0 Å². The van der Waals surface area contributed by atoms with Crippen molar-refractivity contribution < 1.29 is 5.11 Å². The summed E-state index contributed by atoms with van der Waals surface area (Å²) in [4.78, 5) is 8.44. The molecule has 0 aliphatic rings. The molecule has 1 unspecified atom stereocenters. The maximum atomic E-state index is 8.96. The van der Waals surface area contributed by atoms with Crippen LogP contribution in [0.15, 0.2) is 23.2 Å². The average molecular weight is 313 g/mol. The minimum atomic E-state index is 0.216. The number of aliphatic hydroxyl groups is 1. The van der Waals surface area contributed by atoms with Gasteiger partial charge in [-0.15, -0.1) is 0 Å². The molecule has 18 heavy (non-hydrogen) atoms. The fourth-order valence-corrected chi connectivity index (χ4v) is 2.21. The second-order valence-corrected chi connectivity index (χ2v) is 5.00. The summed E-state index contributed by atoms with van der Waals surface area (Å²) in [5.41, 5.74) is 1.93. The Morgan fingerprint density at radius 2 is 2.28 bits per heavy atom. The molecule has 0 spiro atoms. The van der Waals surface area contributed by atoms with Crippen LogP contribution >= 0.6 is 15.9 Å². The fraction of sp³-hybridized carbons (Fsp3) is 0.500. The summed E-state index contributed by atoms with van der Waals surface area (Å²) in [6, 6.07) is 0.339. The van der Waals surface area contributed by atoms with E-state index in [2.05, 4.69) is 38.1 Å². The van der Waals surface area contributed by atoms with Gasteiger partial charge in [0.05, 0.1) is 18.1 Å². The van der Waals surface area contributed by atoms with E-state index in [9.17, 15) is 0 Å². The molecule has 2 rings (SSSR count). The van der Waals surface area contributed by atoms with Crippen LogP contribution in [0.4, 0.5) is 0 Å². The molecule has 0 amide bonds. The van der Waals surface area contributed by atoms with Crippen molar-refractivity contribution in [2.45, 2.75) is 32.4 Å². The van der Waals surface area contributed by atoms with E-state index >= 15 is 0 Å². The highest BCUT2D eigenvalue weighted by molar-refractivity contribution is 9.10. The average Bonchev–Trinajstić information content (AvgIpc) is 2.77. The lowest BCUT2D eigenvalue weighted by atomic mass is 10.1. The number of hydrogen-bond donors (Lipinski definition) is 2. The van der Waals surface area contributed by atoms with Gasteiger partial charge >= 0.3 is 0 Å². The van der Waals surface area contributed by atoms with E-state index in [1.54, 1.807) is 6.20 Å². The van der Waals surface area contributed by atoms with Crippen LogP contribution in [0.25, 0.3) is 5.65 Å². The maximum Gasteiger partial charge on any atom is 0.155 e. The number of nitrogens with zero attached hydrogens (tertiary/aromatic N) is 3. The van der Waals surface area contributed by atoms with Gasteiger partial charge in [0.15, 0.2) is 5.65 Å². The number of aliphatic hydroxyl groups excluding tert-OH is 1. The Kier molecular flexibility index (Phi) is 4.68. The molecule has 0 saturated carbocycles. The number of imidazole rings is 1. The van der Waals surface area contributed by atoms with E-state index in [1.165, 1.54) is 0 Å². The molecule has 2 heterocycles. The minimum Gasteiger partial charge on any atom is -0.396 e. The van der Waals surface area contributed by atoms with Gasteiger partial charge in [-0.2, -0.15) is 0 Å². The molecular formula is C12H17BrN4O. The molecule has 2 aromatic heterocycles. The first kappa shape index (κ1) is 13.5. The number of fused-ring (bicyclic) bond motifs is 1. The zero-order chi connectivity index (χ0) is 13.0. The smallest absolute Gasteiger partial charge is 0.155 e. The molecule has 5 nitrogen and oxygen atoms in total. The first-order chi connectivity index (χ1) is 8.74. The molecule has 98 valence electrons. The standard InChI is InChI=1S/C12H17BrN4O/c1-2-9(3-4-18)14-5-10-6-16-12-7-15-11(13)8-17(10)12/h6-9,14,18H,2-5H2,1H3. The van der Waals surface area contributed by atoms with Crippen LogP contribution in [0.3, 0.4) is 0 Å². The van der Waals surface area contributed by atoms with Gasteiger partial charge in [-0.05, 0) is 28.8 Å². The van der Waals surface area contributed by atoms with Crippen LogP contribution in [0.2, 0.25) is 0 Å². The predicted molar refractivity (Wildman–Crippen MR) is 73.3 cm³/mol. The van der Waals surface area contributed by atoms with Crippen molar-refractivity contribution in [1.29, 1.82) is 0 Å². The zero-order valence-corrected chi connectivity index (χ0v) is 11.9. The highest BCUT2D eigenvalue weighted by Gasteiger charge is 2.08. The van der Waals surface area contributed by atoms with Gasteiger partial charge in [0.25, 0.3) is 0 Å². The Hall–Kier alpha value is -0.980. The van der Waals surface area contributed by atoms with Crippen molar-refractivity contribution in [3.05, 3.63) is 28.9 Å². The van der Waals surface area contributed by atoms with Crippen LogP contribution in [-0.4, -0.2) is 32.1 Å². The van der Waals surface area contributed by atoms with Crippen molar-refractivity contribution in [1.82, 2.24) is 19.7 Å². The number of halogens is 1. The van der Waals surface area contributed by atoms with E-state index < -0.39 is 0 Å². The second kappa shape index (κ2) is 6.26. The van der Waals surface area contributed by atoms with E-state index in [1.807, 2.05) is 16.8 Å². The van der Waals surface area contributed by atoms with Gasteiger partial charge in [-0.25, -0.2) is 9.97 Å². The lowest BCUT2D eigenvalue weighted by molar-refractivity contribution is 0.261. The van der Waals surface area contributed by atoms with Crippen molar-refractivity contribution in [3.63, 3.8) is 0 Å². The van der Waals surface area contributed by atoms with Gasteiger partial charge in [0.1, 0.15) is 4.60 Å². The molecule has 1 atom stereocenters. The van der Waals surface area contributed by atoms with Gasteiger partial charge < -0.3 is 10.4 Å². The third-order valence-corrected chi connectivity index (χ3v) is 3.39. The SMILES string of the molecule is CCC(CCO)NCc1cnc2cnc(Br)cn12. The number of rotatable bonds is 6. The Labute approximate surface area is 114 Å². The monoisotopic (exact) mass is 312 g/mol. The van der Waals surface area contributed by atoms with E-state index in [0.29, 0.717) is 6.04 Å². The summed E-state index contributed by atoms with van der Waals surface area (Å²) < 4.78 is 2.80. The van der Waals surface area contributed by atoms with Crippen molar-refractivity contribution in [2.75, 3.05) is 6.61 Å². The lowest BCUT2D eigenvalue weighted by Gasteiger charge is -2.15. The lowest BCUT2D eigenvalue weighted by Crippen LogP contribution is -2.29. The van der Waals surface area contributed by atoms with Crippen molar-refractivity contribution >= 4 is 21.6 Å². The summed E-state index contributed by atoms with van der Waals surface area (Å²) in [5.74, 6) is 0. The highest BCUT2D eigenvalue weighted by Crippen LogP contribution is 2.11. The largest absolute Gasteiger partial charge is 0.396 e. The number of nitrogens with one attached hydrogen (secondary N) is 1. The molecule has 0 radical (unpaired) electrons. The van der Waals surface area contributed by atoms with Crippen LogP contribution in [0.1, 0.15) is 25.5 Å². The molecule has 0 bridgehead atoms. The molecule has 2 aromatic rings. The van der Waals surface area contributed by atoms with Crippen LogP contribution < -0.4 is 5.32 Å². The second-order valence-electron chi connectivity index (χ2n) is 4.19. The Bertz CT molecular complexity index is 514. The van der Waals surface area contributed by atoms with Gasteiger partial charge in [-0.3, -0.25) is 4.40 Å². The van der Waals surface area contributed by atoms with Gasteiger partial charge in [0, 0.05) is 25.4 Å². The minimum absolute atomic E-state index is 0.216. The zero-order valence-electron chi connectivity index (χ0n) is 10.3. The maximum absolute atomic E-state index is 8.96. The summed E-state index contributed by atoms with van der Waals surface area (Å²) in [6.45, 7) is 3.06.